The molecule has 0 unspecified atom stereocenters. The summed E-state index contributed by atoms with van der Waals surface area (Å²) >= 11 is 0. The van der Waals surface area contributed by atoms with Gasteiger partial charge in [0.15, 0.2) is 0 Å². The van der Waals surface area contributed by atoms with Crippen LogP contribution in [0, 0.1) is 0 Å². The highest BCUT2D eigenvalue weighted by atomic mass is 19.4. The summed E-state index contributed by atoms with van der Waals surface area (Å²) in [5.41, 5.74) is 0.650. The van der Waals surface area contributed by atoms with Gasteiger partial charge in [-0.25, -0.2) is 0 Å². The van der Waals surface area contributed by atoms with Gasteiger partial charge in [0.2, 0.25) is 0 Å². The summed E-state index contributed by atoms with van der Waals surface area (Å²) in [6.45, 7) is 1.51. The first-order chi connectivity index (χ1) is 11.5. The average Bonchev–Trinajstić information content (AvgIpc) is 2.87. The van der Waals surface area contributed by atoms with Crippen LogP contribution in [0.25, 0.3) is 11.1 Å². The summed E-state index contributed by atoms with van der Waals surface area (Å²) in [5.74, 6) is -0.511. The minimum atomic E-state index is -4.56. The van der Waals surface area contributed by atoms with Gasteiger partial charge in [0, 0.05) is 19.6 Å². The molecule has 4 rings (SSSR count). The van der Waals surface area contributed by atoms with Crippen LogP contribution >= 0.6 is 0 Å². The van der Waals surface area contributed by atoms with Crippen LogP contribution in [0.1, 0.15) is 27.5 Å². The van der Waals surface area contributed by atoms with Crippen LogP contribution in [0.3, 0.4) is 0 Å². The van der Waals surface area contributed by atoms with E-state index in [2.05, 4.69) is 5.32 Å². The molecule has 3 nitrogen and oxygen atoms in total. The fourth-order valence-electron chi connectivity index (χ4n) is 3.56. The Morgan fingerprint density at radius 1 is 1.08 bits per heavy atom. The predicted molar refractivity (Wildman–Crippen MR) is 83.5 cm³/mol. The first-order valence-corrected chi connectivity index (χ1v) is 7.79. The fraction of sp³-hybridized carbons (Fsp3) is 0.278. The Kier molecular flexibility index (Phi) is 3.38. The van der Waals surface area contributed by atoms with Crippen molar-refractivity contribution in [3.05, 3.63) is 59.2 Å². The van der Waals surface area contributed by atoms with Crippen molar-refractivity contribution >= 4 is 5.91 Å². The minimum absolute atomic E-state index is 0.184. The number of rotatable bonds is 1. The molecular weight excluding hydrogens is 317 g/mol. The monoisotopic (exact) mass is 332 g/mol. The Bertz CT molecular complexity index is 802. The van der Waals surface area contributed by atoms with Gasteiger partial charge < -0.3 is 10.2 Å². The molecule has 1 fully saturated rings. The highest BCUT2D eigenvalue weighted by Crippen LogP contribution is 2.44. The molecule has 2 aromatic carbocycles. The van der Waals surface area contributed by atoms with Crippen molar-refractivity contribution in [1.29, 1.82) is 0 Å². The van der Waals surface area contributed by atoms with Gasteiger partial charge in [-0.1, -0.05) is 30.3 Å². The number of nitrogens with one attached hydrogen (secondary N) is 1. The Morgan fingerprint density at radius 3 is 2.54 bits per heavy atom. The van der Waals surface area contributed by atoms with Crippen molar-refractivity contribution in [2.75, 3.05) is 19.6 Å². The van der Waals surface area contributed by atoms with Crippen molar-refractivity contribution in [2.24, 2.45) is 0 Å². The lowest BCUT2D eigenvalue weighted by molar-refractivity contribution is -0.137. The van der Waals surface area contributed by atoms with E-state index < -0.39 is 17.6 Å². The van der Waals surface area contributed by atoms with Crippen LogP contribution in [0.5, 0.6) is 0 Å². The van der Waals surface area contributed by atoms with Gasteiger partial charge in [-0.05, 0) is 28.8 Å². The molecular formula is C18H15F3N2O. The normalized spacial score (nSPS) is 20.0. The molecule has 0 aromatic heterocycles. The highest BCUT2D eigenvalue weighted by Gasteiger charge is 2.45. The summed E-state index contributed by atoms with van der Waals surface area (Å²) in [6.07, 6.45) is -4.56. The maximum atomic E-state index is 13.6. The SMILES string of the molecule is O=C1c2c(cc(-c3ccccc3)cc2C(F)(F)F)[C@@H]2CNCCN12. The fourth-order valence-corrected chi connectivity index (χ4v) is 3.56. The molecule has 2 aromatic rings. The van der Waals surface area contributed by atoms with E-state index in [0.29, 0.717) is 36.3 Å². The summed E-state index contributed by atoms with van der Waals surface area (Å²) < 4.78 is 40.8. The predicted octanol–water partition coefficient (Wildman–Crippen LogP) is 3.47. The summed E-state index contributed by atoms with van der Waals surface area (Å²) in [4.78, 5) is 14.1. The number of hydrogen-bond donors (Lipinski definition) is 1. The summed E-state index contributed by atoms with van der Waals surface area (Å²) in [7, 11) is 0. The van der Waals surface area contributed by atoms with E-state index >= 15 is 0 Å². The van der Waals surface area contributed by atoms with Crippen LogP contribution < -0.4 is 5.32 Å². The molecule has 2 aliphatic heterocycles. The van der Waals surface area contributed by atoms with Crippen molar-refractivity contribution in [3.63, 3.8) is 0 Å². The average molecular weight is 332 g/mol. The lowest BCUT2D eigenvalue weighted by Gasteiger charge is -2.30. The molecule has 2 heterocycles. The van der Waals surface area contributed by atoms with Gasteiger partial charge in [0.1, 0.15) is 0 Å². The molecule has 1 saturated heterocycles. The number of alkyl halides is 3. The third kappa shape index (κ3) is 2.29. The van der Waals surface area contributed by atoms with Crippen molar-refractivity contribution in [2.45, 2.75) is 12.2 Å². The maximum Gasteiger partial charge on any atom is 0.417 e. The van der Waals surface area contributed by atoms with Crippen LogP contribution in [-0.2, 0) is 6.18 Å². The van der Waals surface area contributed by atoms with Crippen LogP contribution in [0.2, 0.25) is 0 Å². The summed E-state index contributed by atoms with van der Waals surface area (Å²) in [6, 6.07) is 11.4. The third-order valence-corrected chi connectivity index (χ3v) is 4.66. The zero-order valence-corrected chi connectivity index (χ0v) is 12.7. The Labute approximate surface area is 137 Å². The Hall–Kier alpha value is -2.34. The molecule has 0 saturated carbocycles. The van der Waals surface area contributed by atoms with Crippen LogP contribution in [0.15, 0.2) is 42.5 Å². The van der Waals surface area contributed by atoms with Gasteiger partial charge in [-0.15, -0.1) is 0 Å². The first kappa shape index (κ1) is 15.2. The number of nitrogens with zero attached hydrogens (tertiary/aromatic N) is 1. The Balaban J connectivity index is 1.95. The zero-order chi connectivity index (χ0) is 16.9. The molecule has 0 radical (unpaired) electrons. The van der Waals surface area contributed by atoms with E-state index in [1.165, 1.54) is 0 Å². The molecule has 1 amide bonds. The second kappa shape index (κ2) is 5.34. The van der Waals surface area contributed by atoms with E-state index in [4.69, 9.17) is 0 Å². The van der Waals surface area contributed by atoms with Gasteiger partial charge in [-0.2, -0.15) is 13.2 Å². The van der Waals surface area contributed by atoms with Gasteiger partial charge >= 0.3 is 6.18 Å². The van der Waals surface area contributed by atoms with Gasteiger partial charge in [0.25, 0.3) is 5.91 Å². The standard InChI is InChI=1S/C18H15F3N2O/c19-18(20,21)14-9-12(11-4-2-1-3-5-11)8-13-15-10-22-6-7-23(15)17(24)16(13)14/h1-5,8-9,15,22H,6-7,10H2/t15-/m0/s1. The molecule has 6 heteroatoms. The summed E-state index contributed by atoms with van der Waals surface area (Å²) in [5, 5.41) is 3.16. The van der Waals surface area contributed by atoms with Crippen molar-refractivity contribution in [3.8, 4) is 11.1 Å². The molecule has 0 bridgehead atoms. The lowest BCUT2D eigenvalue weighted by atomic mass is 9.92. The van der Waals surface area contributed by atoms with Crippen molar-refractivity contribution < 1.29 is 18.0 Å². The van der Waals surface area contributed by atoms with E-state index in [1.807, 2.05) is 6.07 Å². The number of amides is 1. The number of carbonyl (C=O) groups is 1. The van der Waals surface area contributed by atoms with E-state index in [0.717, 1.165) is 6.07 Å². The number of halogens is 3. The third-order valence-electron chi connectivity index (χ3n) is 4.66. The van der Waals surface area contributed by atoms with E-state index in [-0.39, 0.29) is 11.6 Å². The number of benzene rings is 2. The van der Waals surface area contributed by atoms with Gasteiger partial charge in [0.05, 0.1) is 17.2 Å². The smallest absolute Gasteiger partial charge is 0.329 e. The molecule has 0 spiro atoms. The second-order valence-corrected chi connectivity index (χ2v) is 6.07. The number of piperazine rings is 1. The van der Waals surface area contributed by atoms with E-state index in [1.54, 1.807) is 35.2 Å². The highest BCUT2D eigenvalue weighted by molar-refractivity contribution is 6.01. The number of hydrogen-bond acceptors (Lipinski definition) is 2. The molecule has 1 N–H and O–H groups in total. The van der Waals surface area contributed by atoms with Crippen LogP contribution in [0.4, 0.5) is 13.2 Å². The maximum absolute atomic E-state index is 13.6. The minimum Gasteiger partial charge on any atom is -0.329 e. The van der Waals surface area contributed by atoms with E-state index in [9.17, 15) is 18.0 Å². The molecule has 0 aliphatic carbocycles. The topological polar surface area (TPSA) is 32.3 Å². The first-order valence-electron chi connectivity index (χ1n) is 7.79. The molecule has 1 atom stereocenters. The lowest BCUT2D eigenvalue weighted by Crippen LogP contribution is -2.44. The molecule has 124 valence electrons. The quantitative estimate of drug-likeness (QED) is 0.867. The largest absolute Gasteiger partial charge is 0.417 e. The number of carbonyl (C=O) groups excluding carboxylic acids is 1. The zero-order valence-electron chi connectivity index (χ0n) is 12.7. The van der Waals surface area contributed by atoms with Crippen LogP contribution in [-0.4, -0.2) is 30.4 Å². The number of fused-ring (bicyclic) bond motifs is 3. The molecule has 2 aliphatic rings. The second-order valence-electron chi connectivity index (χ2n) is 6.07. The van der Waals surface area contributed by atoms with Gasteiger partial charge in [-0.3, -0.25) is 4.79 Å². The van der Waals surface area contributed by atoms with Crippen molar-refractivity contribution in [1.82, 2.24) is 10.2 Å². The Morgan fingerprint density at radius 2 is 1.83 bits per heavy atom. The molecule has 24 heavy (non-hydrogen) atoms.